The second-order valence-corrected chi connectivity index (χ2v) is 4.42. The van der Waals surface area contributed by atoms with Crippen LogP contribution >= 0.6 is 22.6 Å². The number of benzene rings is 1. The van der Waals surface area contributed by atoms with E-state index < -0.39 is 5.97 Å². The van der Waals surface area contributed by atoms with E-state index in [0.29, 0.717) is 11.2 Å². The molecular weight excluding hydrogens is 321 g/mol. The van der Waals surface area contributed by atoms with Crippen LogP contribution in [-0.4, -0.2) is 30.6 Å². The molecule has 5 heteroatoms. The van der Waals surface area contributed by atoms with E-state index in [4.69, 9.17) is 0 Å². The topological polar surface area (TPSA) is 52.4 Å². The molecule has 16 heavy (non-hydrogen) atoms. The molecule has 1 aromatic rings. The Labute approximate surface area is 108 Å². The van der Waals surface area contributed by atoms with Crippen molar-refractivity contribution in [3.63, 3.8) is 0 Å². The highest BCUT2D eigenvalue weighted by Gasteiger charge is 2.02. The lowest BCUT2D eigenvalue weighted by molar-refractivity contribution is -0.451. The Bertz CT molecular complexity index is 404. The molecule has 0 radical (unpaired) electrons. The van der Waals surface area contributed by atoms with E-state index in [1.165, 1.54) is 7.11 Å². The van der Waals surface area contributed by atoms with E-state index in [1.807, 2.05) is 24.3 Å². The van der Waals surface area contributed by atoms with Gasteiger partial charge in [-0.15, -0.1) is 0 Å². The molecule has 0 spiro atoms. The average molecular weight is 333 g/mol. The fraction of sp³-hybridized carbons (Fsp3) is 0.273. The van der Waals surface area contributed by atoms with E-state index in [9.17, 15) is 10.0 Å². The molecule has 0 heterocycles. The monoisotopic (exact) mass is 333 g/mol. The lowest BCUT2D eigenvalue weighted by atomic mass is 10.1. The van der Waals surface area contributed by atoms with E-state index in [1.54, 1.807) is 0 Å². The molecule has 0 unspecified atom stereocenters. The summed E-state index contributed by atoms with van der Waals surface area (Å²) in [5, 5.41) is 11.2. The van der Waals surface area contributed by atoms with Crippen LogP contribution in [0.3, 0.4) is 0 Å². The Hall–Kier alpha value is -1.11. The SMILES string of the molecule is COC(=O)C=[N+]([O-])CCc1cccc(I)c1. The maximum Gasteiger partial charge on any atom is 0.396 e. The summed E-state index contributed by atoms with van der Waals surface area (Å²) >= 11 is 2.21. The van der Waals surface area contributed by atoms with Gasteiger partial charge in [-0.2, -0.15) is 0 Å². The molecule has 0 N–H and O–H groups in total. The minimum atomic E-state index is -0.627. The number of esters is 1. The van der Waals surface area contributed by atoms with Crippen LogP contribution in [-0.2, 0) is 16.0 Å². The van der Waals surface area contributed by atoms with Crippen LogP contribution < -0.4 is 0 Å². The first-order valence-electron chi connectivity index (χ1n) is 4.73. The second kappa shape index (κ2) is 6.47. The number of rotatable bonds is 4. The zero-order chi connectivity index (χ0) is 12.0. The third-order valence-electron chi connectivity index (χ3n) is 1.96. The predicted octanol–water partition coefficient (Wildman–Crippen LogP) is 1.59. The Morgan fingerprint density at radius 2 is 2.38 bits per heavy atom. The van der Waals surface area contributed by atoms with Crippen molar-refractivity contribution in [3.8, 4) is 0 Å². The number of carbonyl (C=O) groups excluding carboxylic acids is 1. The van der Waals surface area contributed by atoms with Crippen LogP contribution in [0.1, 0.15) is 5.56 Å². The van der Waals surface area contributed by atoms with Crippen LogP contribution in [0.4, 0.5) is 0 Å². The second-order valence-electron chi connectivity index (χ2n) is 3.17. The molecule has 1 aromatic carbocycles. The Balaban J connectivity index is 2.52. The van der Waals surface area contributed by atoms with Gasteiger partial charge in [0.1, 0.15) is 0 Å². The van der Waals surface area contributed by atoms with Crippen molar-refractivity contribution in [2.75, 3.05) is 13.7 Å². The number of ether oxygens (including phenoxy) is 1. The lowest BCUT2D eigenvalue weighted by Gasteiger charge is -2.04. The van der Waals surface area contributed by atoms with Crippen LogP contribution in [0, 0.1) is 8.78 Å². The van der Waals surface area contributed by atoms with Gasteiger partial charge in [0.15, 0.2) is 6.54 Å². The van der Waals surface area contributed by atoms with Gasteiger partial charge in [-0.3, -0.25) is 0 Å². The highest BCUT2D eigenvalue weighted by molar-refractivity contribution is 14.1. The average Bonchev–Trinajstić information content (AvgIpc) is 2.26. The molecule has 0 saturated carbocycles. The summed E-state index contributed by atoms with van der Waals surface area (Å²) in [5.41, 5.74) is 1.08. The van der Waals surface area contributed by atoms with Crippen LogP contribution in [0.5, 0.6) is 0 Å². The molecule has 0 fully saturated rings. The minimum Gasteiger partial charge on any atom is -0.624 e. The van der Waals surface area contributed by atoms with Gasteiger partial charge in [0.25, 0.3) is 6.21 Å². The summed E-state index contributed by atoms with van der Waals surface area (Å²) in [7, 11) is 1.24. The number of nitrogens with zero attached hydrogens (tertiary/aromatic N) is 1. The first-order valence-corrected chi connectivity index (χ1v) is 5.80. The van der Waals surface area contributed by atoms with Crippen LogP contribution in [0.15, 0.2) is 24.3 Å². The Morgan fingerprint density at radius 1 is 1.62 bits per heavy atom. The predicted molar refractivity (Wildman–Crippen MR) is 69.4 cm³/mol. The minimum absolute atomic E-state index is 0.245. The molecular formula is C11H12INO3. The number of hydrogen-bond donors (Lipinski definition) is 0. The smallest absolute Gasteiger partial charge is 0.396 e. The molecule has 1 rings (SSSR count). The molecule has 0 saturated heterocycles. The standard InChI is InChI=1S/C11H12INO3/c1-16-11(14)8-13(15)6-5-9-3-2-4-10(12)7-9/h2-4,7-8H,5-6H2,1H3. The fourth-order valence-electron chi connectivity index (χ4n) is 1.17. The lowest BCUT2D eigenvalue weighted by Crippen LogP contribution is -2.16. The van der Waals surface area contributed by atoms with Crippen molar-refractivity contribution >= 4 is 34.8 Å². The third kappa shape index (κ3) is 4.61. The Morgan fingerprint density at radius 3 is 3.00 bits per heavy atom. The molecule has 86 valence electrons. The molecule has 0 amide bonds. The van der Waals surface area contributed by atoms with E-state index in [0.717, 1.165) is 15.3 Å². The van der Waals surface area contributed by atoms with Gasteiger partial charge in [-0.1, -0.05) is 12.1 Å². The summed E-state index contributed by atoms with van der Waals surface area (Å²) in [4.78, 5) is 10.8. The van der Waals surface area contributed by atoms with Crippen molar-refractivity contribution in [3.05, 3.63) is 38.6 Å². The van der Waals surface area contributed by atoms with Gasteiger partial charge in [0, 0.05) is 9.99 Å². The van der Waals surface area contributed by atoms with Gasteiger partial charge in [-0.25, -0.2) is 9.53 Å². The van der Waals surface area contributed by atoms with Crippen molar-refractivity contribution in [1.82, 2.24) is 0 Å². The highest BCUT2D eigenvalue weighted by Crippen LogP contribution is 2.08. The third-order valence-corrected chi connectivity index (χ3v) is 2.63. The quantitative estimate of drug-likeness (QED) is 0.210. The van der Waals surface area contributed by atoms with E-state index >= 15 is 0 Å². The molecule has 0 aliphatic heterocycles. The van der Waals surface area contributed by atoms with Crippen molar-refractivity contribution in [1.29, 1.82) is 0 Å². The van der Waals surface area contributed by atoms with E-state index in [2.05, 4.69) is 27.3 Å². The number of carbonyl (C=O) groups is 1. The number of hydroxylamine groups is 1. The summed E-state index contributed by atoms with van der Waals surface area (Å²) in [6.45, 7) is 0.245. The van der Waals surface area contributed by atoms with Gasteiger partial charge in [0.2, 0.25) is 0 Å². The molecule has 0 atom stereocenters. The van der Waals surface area contributed by atoms with Crippen molar-refractivity contribution < 1.29 is 14.3 Å². The molecule has 4 nitrogen and oxygen atoms in total. The van der Waals surface area contributed by atoms with Crippen LogP contribution in [0.2, 0.25) is 0 Å². The molecule has 0 bridgehead atoms. The Kier molecular flexibility index (Phi) is 5.24. The summed E-state index contributed by atoms with van der Waals surface area (Å²) in [5.74, 6) is -0.627. The first-order chi connectivity index (χ1) is 7.61. The molecule has 0 aromatic heterocycles. The van der Waals surface area contributed by atoms with Gasteiger partial charge in [0.05, 0.1) is 7.11 Å². The van der Waals surface area contributed by atoms with Crippen molar-refractivity contribution in [2.24, 2.45) is 0 Å². The van der Waals surface area contributed by atoms with E-state index in [-0.39, 0.29) is 6.54 Å². The van der Waals surface area contributed by atoms with Gasteiger partial charge >= 0.3 is 5.97 Å². The van der Waals surface area contributed by atoms with Crippen LogP contribution in [0.25, 0.3) is 0 Å². The highest BCUT2D eigenvalue weighted by atomic mass is 127. The number of methoxy groups -OCH3 is 1. The summed E-state index contributed by atoms with van der Waals surface area (Å²) < 4.78 is 6.07. The van der Waals surface area contributed by atoms with Gasteiger partial charge in [-0.05, 0) is 40.3 Å². The zero-order valence-electron chi connectivity index (χ0n) is 8.85. The fourth-order valence-corrected chi connectivity index (χ4v) is 1.77. The first kappa shape index (κ1) is 13.0. The summed E-state index contributed by atoms with van der Waals surface area (Å²) in [6, 6.07) is 7.89. The largest absolute Gasteiger partial charge is 0.624 e. The normalized spacial score (nSPS) is 11.2. The molecule has 0 aliphatic rings. The molecule has 0 aliphatic carbocycles. The zero-order valence-corrected chi connectivity index (χ0v) is 11.0. The summed E-state index contributed by atoms with van der Waals surface area (Å²) in [6.07, 6.45) is 1.52. The van der Waals surface area contributed by atoms with Gasteiger partial charge < -0.3 is 9.94 Å². The number of hydrogen-bond acceptors (Lipinski definition) is 3. The maximum atomic E-state index is 11.2. The maximum absolute atomic E-state index is 11.2. The van der Waals surface area contributed by atoms with Crippen molar-refractivity contribution in [2.45, 2.75) is 6.42 Å². The number of halogens is 1.